The Morgan fingerprint density at radius 1 is 0.964 bits per heavy atom. The number of ether oxygens (including phenoxy) is 1. The Labute approximate surface area is 164 Å². The Hall–Kier alpha value is -3.15. The molecule has 2 aromatic carbocycles. The van der Waals surface area contributed by atoms with Gasteiger partial charge in [-0.2, -0.15) is 0 Å². The van der Waals surface area contributed by atoms with Crippen LogP contribution in [0.4, 0.5) is 11.4 Å². The van der Waals surface area contributed by atoms with Gasteiger partial charge in [0.05, 0.1) is 29.7 Å². The number of nitrogens with one attached hydrogen (secondary N) is 2. The molecule has 3 rings (SSSR count). The number of esters is 1. The number of anilines is 2. The average molecular weight is 380 g/mol. The van der Waals surface area contributed by atoms with Crippen molar-refractivity contribution in [3.05, 3.63) is 59.2 Å². The molecule has 0 bridgehead atoms. The molecular weight excluding hydrogens is 356 g/mol. The molecule has 6 nitrogen and oxygen atoms in total. The van der Waals surface area contributed by atoms with Crippen molar-refractivity contribution in [2.45, 2.75) is 27.2 Å². The number of rotatable bonds is 6. The van der Waals surface area contributed by atoms with E-state index in [-0.39, 0.29) is 24.3 Å². The predicted octanol–water partition coefficient (Wildman–Crippen LogP) is 3.69. The average Bonchev–Trinajstić information content (AvgIpc) is 3.42. The van der Waals surface area contributed by atoms with E-state index in [0.29, 0.717) is 17.7 Å². The van der Waals surface area contributed by atoms with Crippen LogP contribution in [0.5, 0.6) is 0 Å². The molecule has 2 N–H and O–H groups in total. The zero-order chi connectivity index (χ0) is 20.3. The van der Waals surface area contributed by atoms with Gasteiger partial charge in [0.2, 0.25) is 11.8 Å². The molecule has 0 saturated heterocycles. The second-order valence-electron chi connectivity index (χ2n) is 7.07. The van der Waals surface area contributed by atoms with Crippen molar-refractivity contribution < 1.29 is 19.1 Å². The highest BCUT2D eigenvalue weighted by atomic mass is 16.5. The summed E-state index contributed by atoms with van der Waals surface area (Å²) < 4.78 is 5.02. The number of carbonyl (C=O) groups is 3. The van der Waals surface area contributed by atoms with Gasteiger partial charge in [-0.3, -0.25) is 9.59 Å². The van der Waals surface area contributed by atoms with Gasteiger partial charge in [-0.15, -0.1) is 0 Å². The van der Waals surface area contributed by atoms with E-state index in [1.54, 1.807) is 31.2 Å². The number of para-hydroxylation sites is 1. The van der Waals surface area contributed by atoms with Crippen molar-refractivity contribution in [3.63, 3.8) is 0 Å². The molecule has 2 amide bonds. The fourth-order valence-corrected chi connectivity index (χ4v) is 3.26. The van der Waals surface area contributed by atoms with Crippen LogP contribution in [0.3, 0.4) is 0 Å². The van der Waals surface area contributed by atoms with Crippen LogP contribution in [0, 0.1) is 25.7 Å². The van der Waals surface area contributed by atoms with E-state index < -0.39 is 11.9 Å². The van der Waals surface area contributed by atoms with E-state index in [9.17, 15) is 14.4 Å². The number of hydrogen-bond donors (Lipinski definition) is 2. The van der Waals surface area contributed by atoms with Gasteiger partial charge in [-0.05, 0) is 62.6 Å². The third-order valence-electron chi connectivity index (χ3n) is 4.63. The highest BCUT2D eigenvalue weighted by Gasteiger charge is 2.48. The summed E-state index contributed by atoms with van der Waals surface area (Å²) in [5.41, 5.74) is 3.56. The molecule has 0 radical (unpaired) electrons. The highest BCUT2D eigenvalue weighted by Crippen LogP contribution is 2.40. The zero-order valence-corrected chi connectivity index (χ0v) is 16.2. The summed E-state index contributed by atoms with van der Waals surface area (Å²) in [4.78, 5) is 37.0. The minimum Gasteiger partial charge on any atom is -0.462 e. The van der Waals surface area contributed by atoms with Crippen molar-refractivity contribution in [1.29, 1.82) is 0 Å². The summed E-state index contributed by atoms with van der Waals surface area (Å²) in [6, 6.07) is 12.5. The van der Waals surface area contributed by atoms with Crippen LogP contribution in [-0.4, -0.2) is 24.4 Å². The summed E-state index contributed by atoms with van der Waals surface area (Å²) in [5, 5.41) is 5.65. The first-order valence-corrected chi connectivity index (χ1v) is 9.35. The second kappa shape index (κ2) is 8.25. The SMILES string of the molecule is CCOC(=O)c1ccccc1NC(=O)C1CC1C(=O)Nc1cc(C)cc(C)c1. The minimum absolute atomic E-state index is 0.163. The molecular formula is C22H24N2O4. The molecule has 146 valence electrons. The minimum atomic E-state index is -0.488. The summed E-state index contributed by atoms with van der Waals surface area (Å²) in [6.07, 6.45) is 0.490. The normalized spacial score (nSPS) is 17.5. The lowest BCUT2D eigenvalue weighted by atomic mass is 10.1. The maximum atomic E-state index is 12.5. The Morgan fingerprint density at radius 2 is 1.57 bits per heavy atom. The lowest BCUT2D eigenvalue weighted by Crippen LogP contribution is -2.21. The lowest BCUT2D eigenvalue weighted by Gasteiger charge is -2.10. The lowest BCUT2D eigenvalue weighted by molar-refractivity contribution is -0.122. The monoisotopic (exact) mass is 380 g/mol. The summed E-state index contributed by atoms with van der Waals surface area (Å²) in [6.45, 7) is 5.92. The molecule has 2 unspecified atom stereocenters. The van der Waals surface area contributed by atoms with Crippen molar-refractivity contribution in [1.82, 2.24) is 0 Å². The maximum Gasteiger partial charge on any atom is 0.340 e. The van der Waals surface area contributed by atoms with Crippen LogP contribution in [-0.2, 0) is 14.3 Å². The predicted molar refractivity (Wildman–Crippen MR) is 107 cm³/mol. The molecule has 2 atom stereocenters. The first kappa shape index (κ1) is 19.6. The number of benzene rings is 2. The van der Waals surface area contributed by atoms with Gasteiger partial charge in [0.25, 0.3) is 0 Å². The van der Waals surface area contributed by atoms with Crippen LogP contribution in [0.25, 0.3) is 0 Å². The van der Waals surface area contributed by atoms with Crippen LogP contribution in [0.15, 0.2) is 42.5 Å². The Morgan fingerprint density at radius 3 is 2.21 bits per heavy atom. The number of carbonyl (C=O) groups excluding carboxylic acids is 3. The highest BCUT2D eigenvalue weighted by molar-refractivity contribution is 6.06. The van der Waals surface area contributed by atoms with Crippen LogP contribution in [0.2, 0.25) is 0 Å². The van der Waals surface area contributed by atoms with E-state index >= 15 is 0 Å². The number of aryl methyl sites for hydroxylation is 2. The van der Waals surface area contributed by atoms with Gasteiger partial charge in [0.1, 0.15) is 0 Å². The topological polar surface area (TPSA) is 84.5 Å². The maximum absolute atomic E-state index is 12.5. The largest absolute Gasteiger partial charge is 0.462 e. The molecule has 0 aromatic heterocycles. The molecule has 28 heavy (non-hydrogen) atoms. The second-order valence-corrected chi connectivity index (χ2v) is 7.07. The smallest absolute Gasteiger partial charge is 0.340 e. The van der Waals surface area contributed by atoms with Crippen molar-refractivity contribution in [2.75, 3.05) is 17.2 Å². The van der Waals surface area contributed by atoms with Crippen LogP contribution in [0.1, 0.15) is 34.8 Å². The molecule has 2 aromatic rings. The molecule has 6 heteroatoms. The molecule has 1 saturated carbocycles. The first-order valence-electron chi connectivity index (χ1n) is 9.35. The van der Waals surface area contributed by atoms with E-state index in [4.69, 9.17) is 4.74 Å². The fraction of sp³-hybridized carbons (Fsp3) is 0.318. The quantitative estimate of drug-likeness (QED) is 0.749. The molecule has 0 heterocycles. The first-order chi connectivity index (χ1) is 13.4. The fourth-order valence-electron chi connectivity index (χ4n) is 3.26. The van der Waals surface area contributed by atoms with E-state index in [0.717, 1.165) is 16.8 Å². The van der Waals surface area contributed by atoms with Gasteiger partial charge in [-0.1, -0.05) is 18.2 Å². The Balaban J connectivity index is 1.62. The number of hydrogen-bond acceptors (Lipinski definition) is 4. The van der Waals surface area contributed by atoms with Crippen LogP contribution < -0.4 is 10.6 Å². The third-order valence-corrected chi connectivity index (χ3v) is 4.63. The number of amides is 2. The molecule has 1 fully saturated rings. The summed E-state index contributed by atoms with van der Waals surface area (Å²) >= 11 is 0. The molecule has 0 spiro atoms. The van der Waals surface area contributed by atoms with Crippen molar-refractivity contribution in [3.8, 4) is 0 Å². The molecule has 1 aliphatic rings. The molecule has 0 aliphatic heterocycles. The Kier molecular flexibility index (Phi) is 5.78. The van der Waals surface area contributed by atoms with Gasteiger partial charge in [0.15, 0.2) is 0 Å². The zero-order valence-electron chi connectivity index (χ0n) is 16.2. The van der Waals surface area contributed by atoms with Gasteiger partial charge >= 0.3 is 5.97 Å². The van der Waals surface area contributed by atoms with Crippen molar-refractivity contribution >= 4 is 29.2 Å². The van der Waals surface area contributed by atoms with Gasteiger partial charge < -0.3 is 15.4 Å². The summed E-state index contributed by atoms with van der Waals surface area (Å²) in [7, 11) is 0. The Bertz CT molecular complexity index is 902. The third kappa shape index (κ3) is 4.57. The summed E-state index contributed by atoms with van der Waals surface area (Å²) in [5.74, 6) is -1.68. The van der Waals surface area contributed by atoms with E-state index in [2.05, 4.69) is 10.6 Å². The van der Waals surface area contributed by atoms with E-state index in [1.165, 1.54) is 0 Å². The standard InChI is InChI=1S/C22H24N2O4/c1-4-28-22(27)16-7-5-6-8-19(16)24-21(26)18-12-17(18)20(25)23-15-10-13(2)9-14(3)11-15/h5-11,17-18H,4,12H2,1-3H3,(H,23,25)(H,24,26). The molecule has 1 aliphatic carbocycles. The van der Waals surface area contributed by atoms with Gasteiger partial charge in [-0.25, -0.2) is 4.79 Å². The van der Waals surface area contributed by atoms with Crippen molar-refractivity contribution in [2.24, 2.45) is 11.8 Å². The van der Waals surface area contributed by atoms with Gasteiger partial charge in [0, 0.05) is 5.69 Å². The van der Waals surface area contributed by atoms with E-state index in [1.807, 2.05) is 32.0 Å². The van der Waals surface area contributed by atoms with Crippen LogP contribution >= 0.6 is 0 Å².